The second-order valence-electron chi connectivity index (χ2n) is 8.46. The first kappa shape index (κ1) is 24.0. The van der Waals surface area contributed by atoms with Crippen LogP contribution in [0, 0.1) is 6.92 Å². The Balaban J connectivity index is 1.55. The highest BCUT2D eigenvalue weighted by molar-refractivity contribution is 7.99. The van der Waals surface area contributed by atoms with Crippen molar-refractivity contribution in [2.45, 2.75) is 63.7 Å². The van der Waals surface area contributed by atoms with E-state index in [2.05, 4.69) is 43.4 Å². The van der Waals surface area contributed by atoms with Gasteiger partial charge >= 0.3 is 0 Å². The van der Waals surface area contributed by atoms with E-state index in [0.29, 0.717) is 18.3 Å². The summed E-state index contributed by atoms with van der Waals surface area (Å²) in [6, 6.07) is 8.22. The molecule has 0 saturated heterocycles. The number of thioether (sulfide) groups is 1. The van der Waals surface area contributed by atoms with Crippen molar-refractivity contribution in [3.63, 3.8) is 0 Å². The fourth-order valence-electron chi connectivity index (χ4n) is 4.30. The lowest BCUT2D eigenvalue weighted by Crippen LogP contribution is -2.30. The first-order valence-electron chi connectivity index (χ1n) is 11.5. The molecule has 0 spiro atoms. The molecule has 1 aliphatic carbocycles. The molecule has 0 bridgehead atoms. The first-order valence-corrected chi connectivity index (χ1v) is 13.3. The number of ether oxygens (including phenoxy) is 1. The molecule has 6 nitrogen and oxygen atoms in total. The number of benzene rings is 1. The normalized spacial score (nSPS) is 14.3. The molecule has 2 aromatic heterocycles. The van der Waals surface area contributed by atoms with Crippen molar-refractivity contribution in [1.29, 1.82) is 0 Å². The fraction of sp³-hybridized carbons (Fsp3) is 0.480. The number of hydrogen-bond donors (Lipinski definition) is 1. The van der Waals surface area contributed by atoms with Crippen LogP contribution in [0.4, 0.5) is 0 Å². The maximum absolute atomic E-state index is 13.4. The maximum atomic E-state index is 13.4. The summed E-state index contributed by atoms with van der Waals surface area (Å²) in [7, 11) is 1.62. The standard InChI is InChI=1S/C25H31N3O3S2/c1-4-19(17-11-9-16(2)10-12-17)26-21(29)15-32-25-27-23-22(24(30)28(25)13-14-31-3)18-7-5-6-8-20(18)33-23/h9-12,19H,4-8,13-15H2,1-3H3,(H,26,29). The number of amides is 1. The molecule has 8 heteroatoms. The first-order chi connectivity index (χ1) is 16.0. The number of carbonyl (C=O) groups excluding carboxylic acids is 1. The van der Waals surface area contributed by atoms with Crippen molar-refractivity contribution < 1.29 is 9.53 Å². The van der Waals surface area contributed by atoms with Crippen LogP contribution in [0.15, 0.2) is 34.2 Å². The summed E-state index contributed by atoms with van der Waals surface area (Å²) >= 11 is 2.96. The minimum absolute atomic E-state index is 0.00884. The van der Waals surface area contributed by atoms with Crippen molar-refractivity contribution in [3.05, 3.63) is 56.2 Å². The minimum Gasteiger partial charge on any atom is -0.383 e. The third-order valence-corrected chi connectivity index (χ3v) is 8.28. The van der Waals surface area contributed by atoms with Crippen molar-refractivity contribution in [2.75, 3.05) is 19.5 Å². The predicted molar refractivity (Wildman–Crippen MR) is 135 cm³/mol. The summed E-state index contributed by atoms with van der Waals surface area (Å²) < 4.78 is 6.92. The van der Waals surface area contributed by atoms with Crippen LogP contribution < -0.4 is 10.9 Å². The van der Waals surface area contributed by atoms with Crippen molar-refractivity contribution in [1.82, 2.24) is 14.9 Å². The maximum Gasteiger partial charge on any atom is 0.263 e. The van der Waals surface area contributed by atoms with Gasteiger partial charge in [-0.3, -0.25) is 14.2 Å². The minimum atomic E-state index is -0.0643. The second kappa shape index (κ2) is 10.8. The number of rotatable bonds is 9. The Morgan fingerprint density at radius 1 is 1.27 bits per heavy atom. The van der Waals surface area contributed by atoms with Crippen molar-refractivity contribution >= 4 is 39.2 Å². The van der Waals surface area contributed by atoms with Gasteiger partial charge in [0.15, 0.2) is 5.16 Å². The number of aryl methyl sites for hydroxylation is 3. The number of fused-ring (bicyclic) bond motifs is 3. The van der Waals surface area contributed by atoms with Crippen LogP contribution in [0.1, 0.15) is 53.8 Å². The van der Waals surface area contributed by atoms with E-state index in [1.807, 2.05) is 0 Å². The zero-order chi connectivity index (χ0) is 23.4. The van der Waals surface area contributed by atoms with Crippen LogP contribution in [0.5, 0.6) is 0 Å². The van der Waals surface area contributed by atoms with E-state index in [-0.39, 0.29) is 23.3 Å². The molecule has 0 radical (unpaired) electrons. The molecule has 1 atom stereocenters. The van der Waals surface area contributed by atoms with Crippen LogP contribution in [-0.4, -0.2) is 34.9 Å². The van der Waals surface area contributed by atoms with E-state index in [4.69, 9.17) is 9.72 Å². The summed E-state index contributed by atoms with van der Waals surface area (Å²) in [5.74, 6) is 0.142. The molecule has 1 amide bonds. The van der Waals surface area contributed by atoms with E-state index < -0.39 is 0 Å². The Labute approximate surface area is 202 Å². The third kappa shape index (κ3) is 5.34. The largest absolute Gasteiger partial charge is 0.383 e. The Bertz CT molecular complexity index is 1180. The van der Waals surface area contributed by atoms with Gasteiger partial charge < -0.3 is 10.1 Å². The summed E-state index contributed by atoms with van der Waals surface area (Å²) in [4.78, 5) is 33.2. The van der Waals surface area contributed by atoms with Gasteiger partial charge in [0.05, 0.1) is 30.3 Å². The smallest absolute Gasteiger partial charge is 0.263 e. The fourth-order valence-corrected chi connectivity index (χ4v) is 6.43. The van der Waals surface area contributed by atoms with E-state index >= 15 is 0 Å². The lowest BCUT2D eigenvalue weighted by atomic mass is 9.97. The number of carbonyl (C=O) groups is 1. The van der Waals surface area contributed by atoms with Crippen LogP contribution in [0.3, 0.4) is 0 Å². The predicted octanol–water partition coefficient (Wildman–Crippen LogP) is 4.65. The summed E-state index contributed by atoms with van der Waals surface area (Å²) in [5.41, 5.74) is 3.47. The molecule has 176 valence electrons. The zero-order valence-corrected chi connectivity index (χ0v) is 21.1. The summed E-state index contributed by atoms with van der Waals surface area (Å²) in [6.07, 6.45) is 5.06. The van der Waals surface area contributed by atoms with Crippen molar-refractivity contribution in [2.24, 2.45) is 0 Å². The van der Waals surface area contributed by atoms with E-state index in [1.54, 1.807) is 23.0 Å². The van der Waals surface area contributed by atoms with E-state index in [9.17, 15) is 9.59 Å². The Morgan fingerprint density at radius 3 is 2.76 bits per heavy atom. The van der Waals surface area contributed by atoms with Gasteiger partial charge in [-0.25, -0.2) is 4.98 Å². The number of hydrogen-bond acceptors (Lipinski definition) is 6. The number of nitrogens with one attached hydrogen (secondary N) is 1. The average Bonchev–Trinajstić information content (AvgIpc) is 3.20. The number of aromatic nitrogens is 2. The van der Waals surface area contributed by atoms with Gasteiger partial charge in [0, 0.05) is 12.0 Å². The molecule has 1 N–H and O–H groups in total. The molecule has 0 fully saturated rings. The van der Waals surface area contributed by atoms with E-state index in [0.717, 1.165) is 41.5 Å². The van der Waals surface area contributed by atoms with Gasteiger partial charge in [0.1, 0.15) is 4.83 Å². The Hall–Kier alpha value is -2.16. The van der Waals surface area contributed by atoms with Gasteiger partial charge in [0.2, 0.25) is 5.91 Å². The monoisotopic (exact) mass is 485 g/mol. The molecular weight excluding hydrogens is 454 g/mol. The number of nitrogens with zero attached hydrogens (tertiary/aromatic N) is 2. The van der Waals surface area contributed by atoms with Crippen LogP contribution >= 0.6 is 23.1 Å². The molecule has 33 heavy (non-hydrogen) atoms. The van der Waals surface area contributed by atoms with Crippen LogP contribution in [0.2, 0.25) is 0 Å². The average molecular weight is 486 g/mol. The van der Waals surface area contributed by atoms with Gasteiger partial charge in [0.25, 0.3) is 5.56 Å². The molecule has 3 aromatic rings. The number of thiophene rings is 1. The lowest BCUT2D eigenvalue weighted by molar-refractivity contribution is -0.119. The van der Waals surface area contributed by atoms with Gasteiger partial charge in [-0.2, -0.15) is 0 Å². The lowest BCUT2D eigenvalue weighted by Gasteiger charge is -2.18. The highest BCUT2D eigenvalue weighted by atomic mass is 32.2. The topological polar surface area (TPSA) is 73.2 Å². The molecule has 1 aliphatic rings. The van der Waals surface area contributed by atoms with Gasteiger partial charge in [-0.1, -0.05) is 48.5 Å². The Morgan fingerprint density at radius 2 is 2.03 bits per heavy atom. The zero-order valence-electron chi connectivity index (χ0n) is 19.5. The SMILES string of the molecule is CCC(NC(=O)CSc1nc2sc3c(c2c(=O)n1CCOC)CCCC3)c1ccc(C)cc1. The summed E-state index contributed by atoms with van der Waals surface area (Å²) in [6.45, 7) is 4.96. The highest BCUT2D eigenvalue weighted by Gasteiger charge is 2.23. The highest BCUT2D eigenvalue weighted by Crippen LogP contribution is 2.34. The molecule has 2 heterocycles. The quantitative estimate of drug-likeness (QED) is 0.353. The molecule has 1 unspecified atom stereocenters. The number of methoxy groups -OCH3 is 1. The van der Waals surface area contributed by atoms with Crippen LogP contribution in [0.25, 0.3) is 10.2 Å². The van der Waals surface area contributed by atoms with Gasteiger partial charge in [-0.15, -0.1) is 11.3 Å². The van der Waals surface area contributed by atoms with Gasteiger partial charge in [-0.05, 0) is 50.2 Å². The van der Waals surface area contributed by atoms with Crippen molar-refractivity contribution in [3.8, 4) is 0 Å². The summed E-state index contributed by atoms with van der Waals surface area (Å²) in [5, 5.41) is 4.48. The molecule has 4 rings (SSSR count). The third-order valence-electron chi connectivity index (χ3n) is 6.11. The Kier molecular flexibility index (Phi) is 7.88. The molecule has 1 aromatic carbocycles. The van der Waals surface area contributed by atoms with Crippen LogP contribution in [-0.2, 0) is 28.9 Å². The van der Waals surface area contributed by atoms with E-state index in [1.165, 1.54) is 34.2 Å². The molecule has 0 aliphatic heterocycles. The second-order valence-corrected chi connectivity index (χ2v) is 10.5. The molecular formula is C25H31N3O3S2. The molecule has 0 saturated carbocycles.